The van der Waals surface area contributed by atoms with E-state index in [2.05, 4.69) is 15.4 Å². The Morgan fingerprint density at radius 2 is 2.00 bits per heavy atom. The van der Waals surface area contributed by atoms with Crippen molar-refractivity contribution in [3.8, 4) is 0 Å². The van der Waals surface area contributed by atoms with E-state index in [0.717, 1.165) is 12.8 Å². The average Bonchev–Trinajstić information content (AvgIpc) is 2.60. The predicted octanol–water partition coefficient (Wildman–Crippen LogP) is 0.409. The first-order valence-corrected chi connectivity index (χ1v) is 4.45. The molecular formula is C8H14N4O. The van der Waals surface area contributed by atoms with Gasteiger partial charge in [0.1, 0.15) is 5.60 Å². The van der Waals surface area contributed by atoms with Gasteiger partial charge in [0.15, 0.2) is 0 Å². The van der Waals surface area contributed by atoms with E-state index in [-0.39, 0.29) is 5.54 Å². The van der Waals surface area contributed by atoms with E-state index < -0.39 is 5.60 Å². The molecule has 0 bridgehead atoms. The molecule has 72 valence electrons. The molecule has 1 N–H and O–H groups in total. The van der Waals surface area contributed by atoms with Gasteiger partial charge >= 0.3 is 0 Å². The lowest BCUT2D eigenvalue weighted by atomic mass is 10.1. The summed E-state index contributed by atoms with van der Waals surface area (Å²) >= 11 is 0. The van der Waals surface area contributed by atoms with Crippen molar-refractivity contribution >= 4 is 0 Å². The van der Waals surface area contributed by atoms with Crippen LogP contribution in [-0.4, -0.2) is 25.3 Å². The zero-order chi connectivity index (χ0) is 9.69. The van der Waals surface area contributed by atoms with Crippen LogP contribution in [0.4, 0.5) is 0 Å². The molecule has 0 amide bonds. The summed E-state index contributed by atoms with van der Waals surface area (Å²) in [5.74, 6) is 0.461. The average molecular weight is 182 g/mol. The molecule has 1 saturated carbocycles. The SMILES string of the molecule is CC(C)(C)n1nnc(C2(O)CC2)n1. The van der Waals surface area contributed by atoms with Crippen LogP contribution in [0.25, 0.3) is 0 Å². The van der Waals surface area contributed by atoms with Crippen molar-refractivity contribution in [3.05, 3.63) is 5.82 Å². The van der Waals surface area contributed by atoms with Crippen LogP contribution < -0.4 is 0 Å². The Hall–Kier alpha value is -0.970. The molecule has 1 aromatic heterocycles. The third-order valence-corrected chi connectivity index (χ3v) is 2.15. The maximum atomic E-state index is 9.70. The number of hydrogen-bond donors (Lipinski definition) is 1. The summed E-state index contributed by atoms with van der Waals surface area (Å²) < 4.78 is 0. The van der Waals surface area contributed by atoms with Crippen molar-refractivity contribution < 1.29 is 5.11 Å². The molecular weight excluding hydrogens is 168 g/mol. The van der Waals surface area contributed by atoms with Crippen LogP contribution in [0, 0.1) is 0 Å². The third kappa shape index (κ3) is 1.44. The van der Waals surface area contributed by atoms with Gasteiger partial charge in [-0.3, -0.25) is 0 Å². The quantitative estimate of drug-likeness (QED) is 0.683. The number of aromatic nitrogens is 4. The van der Waals surface area contributed by atoms with Crippen LogP contribution in [0.15, 0.2) is 0 Å². The summed E-state index contributed by atoms with van der Waals surface area (Å²) in [5, 5.41) is 21.6. The highest BCUT2D eigenvalue weighted by Crippen LogP contribution is 2.43. The molecule has 0 spiro atoms. The standard InChI is InChI=1S/C8H14N4O/c1-7(2,3)12-10-6(9-11-12)8(13)4-5-8/h13H,4-5H2,1-3H3. The first kappa shape index (κ1) is 8.62. The molecule has 13 heavy (non-hydrogen) atoms. The fraction of sp³-hybridized carbons (Fsp3) is 0.875. The number of rotatable bonds is 1. The van der Waals surface area contributed by atoms with Gasteiger partial charge < -0.3 is 5.11 Å². The Bertz CT molecular complexity index is 301. The molecule has 1 aromatic rings. The number of hydrogen-bond acceptors (Lipinski definition) is 4. The smallest absolute Gasteiger partial charge is 0.206 e. The van der Waals surface area contributed by atoms with Crippen LogP contribution >= 0.6 is 0 Å². The highest BCUT2D eigenvalue weighted by molar-refractivity contribution is 5.07. The molecule has 0 saturated heterocycles. The van der Waals surface area contributed by atoms with Crippen LogP contribution in [0.5, 0.6) is 0 Å². The first-order valence-electron chi connectivity index (χ1n) is 4.45. The third-order valence-electron chi connectivity index (χ3n) is 2.15. The van der Waals surface area contributed by atoms with E-state index in [1.54, 1.807) is 4.80 Å². The Morgan fingerprint density at radius 3 is 2.38 bits per heavy atom. The summed E-state index contributed by atoms with van der Waals surface area (Å²) in [4.78, 5) is 1.54. The Morgan fingerprint density at radius 1 is 1.38 bits per heavy atom. The minimum Gasteiger partial charge on any atom is -0.382 e. The lowest BCUT2D eigenvalue weighted by molar-refractivity contribution is 0.139. The molecule has 1 fully saturated rings. The van der Waals surface area contributed by atoms with Crippen molar-refractivity contribution in [3.63, 3.8) is 0 Å². The summed E-state index contributed by atoms with van der Waals surface area (Å²) in [6, 6.07) is 0. The number of tetrazole rings is 1. The second kappa shape index (κ2) is 2.29. The molecule has 0 unspecified atom stereocenters. The molecule has 0 aromatic carbocycles. The zero-order valence-electron chi connectivity index (χ0n) is 8.15. The number of nitrogens with zero attached hydrogens (tertiary/aromatic N) is 4. The highest BCUT2D eigenvalue weighted by Gasteiger charge is 2.46. The summed E-state index contributed by atoms with van der Waals surface area (Å²) in [5.41, 5.74) is -0.944. The Kier molecular flexibility index (Phi) is 1.52. The summed E-state index contributed by atoms with van der Waals surface area (Å²) in [6.45, 7) is 5.99. The fourth-order valence-electron chi connectivity index (χ4n) is 1.03. The molecule has 0 aliphatic heterocycles. The second-order valence-corrected chi connectivity index (χ2v) is 4.60. The molecule has 1 aliphatic rings. The summed E-state index contributed by atoms with van der Waals surface area (Å²) in [6.07, 6.45) is 1.51. The maximum Gasteiger partial charge on any atom is 0.206 e. The lowest BCUT2D eigenvalue weighted by Crippen LogP contribution is -2.25. The van der Waals surface area contributed by atoms with Crippen molar-refractivity contribution in [2.75, 3.05) is 0 Å². The van der Waals surface area contributed by atoms with Crippen LogP contribution in [-0.2, 0) is 11.1 Å². The van der Waals surface area contributed by atoms with Gasteiger partial charge in [-0.25, -0.2) is 0 Å². The summed E-state index contributed by atoms with van der Waals surface area (Å²) in [7, 11) is 0. The molecule has 5 nitrogen and oxygen atoms in total. The van der Waals surface area contributed by atoms with Crippen molar-refractivity contribution in [1.29, 1.82) is 0 Å². The zero-order valence-corrected chi connectivity index (χ0v) is 8.15. The Labute approximate surface area is 76.8 Å². The molecule has 0 radical (unpaired) electrons. The largest absolute Gasteiger partial charge is 0.382 e. The minimum atomic E-state index is -0.774. The van der Waals surface area contributed by atoms with Crippen LogP contribution in [0.3, 0.4) is 0 Å². The molecule has 2 rings (SSSR count). The van der Waals surface area contributed by atoms with Crippen LogP contribution in [0.1, 0.15) is 39.4 Å². The van der Waals surface area contributed by atoms with E-state index >= 15 is 0 Å². The van der Waals surface area contributed by atoms with Gasteiger partial charge in [-0.15, -0.1) is 10.2 Å². The molecule has 1 aliphatic carbocycles. The van der Waals surface area contributed by atoms with Gasteiger partial charge in [-0.2, -0.15) is 4.80 Å². The predicted molar refractivity (Wildman–Crippen MR) is 45.9 cm³/mol. The van der Waals surface area contributed by atoms with Crippen molar-refractivity contribution in [1.82, 2.24) is 20.2 Å². The van der Waals surface area contributed by atoms with Gasteiger partial charge in [-0.1, -0.05) is 0 Å². The maximum absolute atomic E-state index is 9.70. The van der Waals surface area contributed by atoms with E-state index in [0.29, 0.717) is 5.82 Å². The number of aliphatic hydroxyl groups is 1. The van der Waals surface area contributed by atoms with E-state index in [1.165, 1.54) is 0 Å². The highest BCUT2D eigenvalue weighted by atomic mass is 16.3. The second-order valence-electron chi connectivity index (χ2n) is 4.60. The van der Waals surface area contributed by atoms with Gasteiger partial charge in [0.2, 0.25) is 5.82 Å². The van der Waals surface area contributed by atoms with E-state index in [4.69, 9.17) is 0 Å². The monoisotopic (exact) mass is 182 g/mol. The van der Waals surface area contributed by atoms with Gasteiger partial charge in [0.05, 0.1) is 5.54 Å². The molecule has 0 atom stereocenters. The van der Waals surface area contributed by atoms with Crippen molar-refractivity contribution in [2.24, 2.45) is 0 Å². The minimum absolute atomic E-state index is 0.170. The topological polar surface area (TPSA) is 63.8 Å². The van der Waals surface area contributed by atoms with Gasteiger partial charge in [0.25, 0.3) is 0 Å². The Balaban J connectivity index is 2.29. The molecule has 5 heteroatoms. The van der Waals surface area contributed by atoms with E-state index in [9.17, 15) is 5.11 Å². The molecule has 1 heterocycles. The van der Waals surface area contributed by atoms with Gasteiger partial charge in [0, 0.05) is 0 Å². The van der Waals surface area contributed by atoms with E-state index in [1.807, 2.05) is 20.8 Å². The first-order chi connectivity index (χ1) is 5.92. The van der Waals surface area contributed by atoms with Gasteiger partial charge in [-0.05, 0) is 38.8 Å². The lowest BCUT2D eigenvalue weighted by Gasteiger charge is -2.15. The fourth-order valence-corrected chi connectivity index (χ4v) is 1.03. The van der Waals surface area contributed by atoms with Crippen LogP contribution in [0.2, 0.25) is 0 Å². The normalized spacial score (nSPS) is 20.3. The van der Waals surface area contributed by atoms with Crippen molar-refractivity contribution in [2.45, 2.75) is 44.8 Å².